The van der Waals surface area contributed by atoms with Crippen molar-refractivity contribution >= 4 is 21.5 Å². The molecule has 0 amide bonds. The first-order valence-corrected chi connectivity index (χ1v) is 10.5. The summed E-state index contributed by atoms with van der Waals surface area (Å²) in [5, 5.41) is 5.32. The Morgan fingerprint density at radius 3 is 1.19 bits per heavy atom. The van der Waals surface area contributed by atoms with E-state index >= 15 is 0 Å². The van der Waals surface area contributed by atoms with Gasteiger partial charge in [0.2, 0.25) is 0 Å². The molecule has 0 aliphatic rings. The first-order chi connectivity index (χ1) is 15.4. The quantitative estimate of drug-likeness (QED) is 0.144. The van der Waals surface area contributed by atoms with Crippen LogP contribution in [0, 0.1) is 6.42 Å². The van der Waals surface area contributed by atoms with Gasteiger partial charge in [-0.1, -0.05) is 48.5 Å². The van der Waals surface area contributed by atoms with E-state index in [9.17, 15) is 0 Å². The summed E-state index contributed by atoms with van der Waals surface area (Å²) in [7, 11) is 0. The second kappa shape index (κ2) is 12.6. The van der Waals surface area contributed by atoms with E-state index in [0.29, 0.717) is 0 Å². The summed E-state index contributed by atoms with van der Waals surface area (Å²) in [6.07, 6.45) is 2.17. The Hall–Kier alpha value is -3.16. The number of benzene rings is 4. The minimum atomic E-state index is 0. The van der Waals surface area contributed by atoms with E-state index in [0.717, 1.165) is 0 Å². The van der Waals surface area contributed by atoms with Gasteiger partial charge in [-0.15, -0.1) is 101 Å². The Morgan fingerprint density at radius 2 is 0.781 bits per heavy atom. The Kier molecular flexibility index (Phi) is 9.28. The van der Waals surface area contributed by atoms with Crippen LogP contribution in [0.4, 0.5) is 0 Å². The normalized spacial score (nSPS) is 9.62. The minimum Gasteiger partial charge on any atom is -0.168 e. The maximum Gasteiger partial charge on any atom is 0 e. The van der Waals surface area contributed by atoms with Gasteiger partial charge in [-0.25, -0.2) is 0 Å². The maximum absolute atomic E-state index is 2.17. The van der Waals surface area contributed by atoms with Crippen molar-refractivity contribution < 1.29 is 25.8 Å². The summed E-state index contributed by atoms with van der Waals surface area (Å²) >= 11 is 0. The summed E-state index contributed by atoms with van der Waals surface area (Å²) in [6.45, 7) is 0. The van der Waals surface area contributed by atoms with Gasteiger partial charge in [0.25, 0.3) is 0 Å². The van der Waals surface area contributed by atoms with Crippen molar-refractivity contribution in [2.45, 2.75) is 0 Å². The van der Waals surface area contributed by atoms with Gasteiger partial charge in [0.1, 0.15) is 0 Å². The number of hydrogen-bond donors (Lipinski definition) is 0. The van der Waals surface area contributed by atoms with Crippen molar-refractivity contribution in [3.8, 4) is 0 Å². The van der Waals surface area contributed by atoms with Gasteiger partial charge in [-0.05, 0) is 0 Å². The van der Waals surface area contributed by atoms with Crippen LogP contribution in [-0.4, -0.2) is 0 Å². The predicted octanol–water partition coefficient (Wildman–Crippen LogP) is 8.40. The molecule has 0 aliphatic heterocycles. The fourth-order valence-electron chi connectivity index (χ4n) is 3.43. The zero-order chi connectivity index (χ0) is 21.1. The van der Waals surface area contributed by atoms with E-state index in [4.69, 9.17) is 0 Å². The van der Waals surface area contributed by atoms with Crippen LogP contribution in [0.2, 0.25) is 0 Å². The molecule has 6 aromatic carbocycles. The molecule has 0 heterocycles. The molecule has 0 fully saturated rings. The van der Waals surface area contributed by atoms with Gasteiger partial charge >= 0.3 is 0 Å². The molecular weight excluding hydrogens is 551 g/mol. The first-order valence-electron chi connectivity index (χ1n) is 10.5. The molecular formula is C31H25Hf-3. The standard InChI is InChI=1S/C13H11.2C9H7.Hf/c1-3-7-12(8-4-1)11-13-9-5-2-6-10-13;2*1-2-5-9-7-3-6-8(9)4-1;/h1-11H;2*1-7H;/q3*-1;. The second-order valence-electron chi connectivity index (χ2n) is 7.28. The van der Waals surface area contributed by atoms with Gasteiger partial charge < -0.3 is 0 Å². The van der Waals surface area contributed by atoms with Crippen LogP contribution in [-0.2, 0) is 25.8 Å². The van der Waals surface area contributed by atoms with Gasteiger partial charge in [-0.2, -0.15) is 35.0 Å². The Labute approximate surface area is 209 Å². The first kappa shape index (κ1) is 23.5. The average molecular weight is 576 g/mol. The van der Waals surface area contributed by atoms with Gasteiger partial charge in [0.15, 0.2) is 0 Å². The molecule has 0 radical (unpaired) electrons. The zero-order valence-electron chi connectivity index (χ0n) is 17.9. The largest absolute Gasteiger partial charge is 0.168 e. The summed E-state index contributed by atoms with van der Waals surface area (Å²) in [6, 6.07) is 50.0. The van der Waals surface area contributed by atoms with E-state index in [2.05, 4.69) is 140 Å². The van der Waals surface area contributed by atoms with Crippen LogP contribution in [0.25, 0.3) is 21.5 Å². The Balaban J connectivity index is 0.000000137. The topological polar surface area (TPSA) is 0 Å². The van der Waals surface area contributed by atoms with Crippen molar-refractivity contribution in [1.29, 1.82) is 0 Å². The molecule has 1 heteroatoms. The smallest absolute Gasteiger partial charge is 0 e. The zero-order valence-corrected chi connectivity index (χ0v) is 21.5. The van der Waals surface area contributed by atoms with Crippen molar-refractivity contribution in [2.24, 2.45) is 0 Å². The fourth-order valence-corrected chi connectivity index (χ4v) is 3.43. The van der Waals surface area contributed by atoms with E-state index in [1.165, 1.54) is 32.7 Å². The van der Waals surface area contributed by atoms with Crippen molar-refractivity contribution in [3.05, 3.63) is 163 Å². The third-order valence-corrected chi connectivity index (χ3v) is 5.03. The molecule has 0 N–H and O–H groups in total. The summed E-state index contributed by atoms with van der Waals surface area (Å²) in [5.74, 6) is 0. The monoisotopic (exact) mass is 577 g/mol. The summed E-state index contributed by atoms with van der Waals surface area (Å²) in [5.41, 5.74) is 2.49. The van der Waals surface area contributed by atoms with Crippen molar-refractivity contribution in [2.75, 3.05) is 0 Å². The van der Waals surface area contributed by atoms with Gasteiger partial charge in [0.05, 0.1) is 0 Å². The van der Waals surface area contributed by atoms with E-state index < -0.39 is 0 Å². The molecule has 0 bridgehead atoms. The van der Waals surface area contributed by atoms with Crippen LogP contribution < -0.4 is 0 Å². The van der Waals surface area contributed by atoms with Gasteiger partial charge in [0, 0.05) is 25.8 Å². The molecule has 0 saturated carbocycles. The minimum absolute atomic E-state index is 0. The molecule has 6 rings (SSSR count). The fraction of sp³-hybridized carbons (Fsp3) is 0. The molecule has 0 spiro atoms. The summed E-state index contributed by atoms with van der Waals surface area (Å²) < 4.78 is 0. The van der Waals surface area contributed by atoms with E-state index in [1.807, 2.05) is 12.1 Å². The third kappa shape index (κ3) is 6.93. The SMILES string of the molecule is [Hf].c1ccc([CH-]c2ccccc2)cc1.c1ccc2[cH-]ccc2c1.c1ccc2[cH-]ccc2c1. The van der Waals surface area contributed by atoms with E-state index in [-0.39, 0.29) is 25.8 Å². The predicted molar refractivity (Wildman–Crippen MR) is 134 cm³/mol. The van der Waals surface area contributed by atoms with Crippen molar-refractivity contribution in [3.63, 3.8) is 0 Å². The maximum atomic E-state index is 2.17. The molecule has 0 unspecified atom stereocenters. The number of fused-ring (bicyclic) bond motifs is 2. The average Bonchev–Trinajstić information content (AvgIpc) is 3.51. The summed E-state index contributed by atoms with van der Waals surface area (Å²) in [4.78, 5) is 0. The number of hydrogen-bond acceptors (Lipinski definition) is 0. The molecule has 156 valence electrons. The van der Waals surface area contributed by atoms with Crippen LogP contribution >= 0.6 is 0 Å². The molecule has 0 aliphatic carbocycles. The van der Waals surface area contributed by atoms with E-state index in [1.54, 1.807) is 0 Å². The van der Waals surface area contributed by atoms with Crippen LogP contribution in [0.5, 0.6) is 0 Å². The second-order valence-corrected chi connectivity index (χ2v) is 7.28. The molecule has 0 saturated heterocycles. The van der Waals surface area contributed by atoms with Crippen molar-refractivity contribution in [1.82, 2.24) is 0 Å². The molecule has 32 heavy (non-hydrogen) atoms. The van der Waals surface area contributed by atoms with Crippen LogP contribution in [0.3, 0.4) is 0 Å². The third-order valence-electron chi connectivity index (χ3n) is 5.03. The molecule has 6 aromatic rings. The Morgan fingerprint density at radius 1 is 0.406 bits per heavy atom. The van der Waals surface area contributed by atoms with Crippen LogP contribution in [0.15, 0.2) is 146 Å². The number of rotatable bonds is 2. The Bertz CT molecular complexity index is 1130. The molecule has 0 nitrogen and oxygen atoms in total. The molecule has 0 aromatic heterocycles. The van der Waals surface area contributed by atoms with Gasteiger partial charge in [-0.3, -0.25) is 0 Å². The van der Waals surface area contributed by atoms with Crippen LogP contribution in [0.1, 0.15) is 11.1 Å². The molecule has 0 atom stereocenters.